The van der Waals surface area contributed by atoms with Crippen molar-refractivity contribution in [1.29, 1.82) is 0 Å². The lowest BCUT2D eigenvalue weighted by atomic mass is 10.00. The standard InChI is InChI=1S/C15H24N2O2/c1-16-9-11-17(12-10-16)8-7-14-4-2-6-15(18)19-13-3-5-14/h2-3,5-6,14H,4,7-13H2,1H3/b5-3+,6-2+. The first kappa shape index (κ1) is 14.3. The average Bonchev–Trinajstić information content (AvgIpc) is 2.51. The van der Waals surface area contributed by atoms with Crippen LogP contribution in [0.5, 0.6) is 0 Å². The summed E-state index contributed by atoms with van der Waals surface area (Å²) in [6.07, 6.45) is 9.74. The number of hydrogen-bond acceptors (Lipinski definition) is 4. The van der Waals surface area contributed by atoms with Gasteiger partial charge >= 0.3 is 5.97 Å². The van der Waals surface area contributed by atoms with E-state index in [1.54, 1.807) is 6.08 Å². The monoisotopic (exact) mass is 264 g/mol. The first-order valence-electron chi connectivity index (χ1n) is 7.15. The number of esters is 1. The van der Waals surface area contributed by atoms with Gasteiger partial charge in [0.1, 0.15) is 6.61 Å². The lowest BCUT2D eigenvalue weighted by Gasteiger charge is -2.32. The van der Waals surface area contributed by atoms with Crippen molar-refractivity contribution in [2.75, 3.05) is 46.4 Å². The molecule has 0 aliphatic carbocycles. The van der Waals surface area contributed by atoms with Crippen molar-refractivity contribution in [3.05, 3.63) is 24.3 Å². The number of ether oxygens (including phenoxy) is 1. The maximum Gasteiger partial charge on any atom is 0.330 e. The smallest absolute Gasteiger partial charge is 0.330 e. The fourth-order valence-electron chi connectivity index (χ4n) is 2.48. The van der Waals surface area contributed by atoms with E-state index in [0.29, 0.717) is 12.5 Å². The Labute approximate surface area is 115 Å². The van der Waals surface area contributed by atoms with Crippen LogP contribution >= 0.6 is 0 Å². The SMILES string of the molecule is CN1CCN(CCC2/C=C/COC(=O)/C=C/C2)CC1. The van der Waals surface area contributed by atoms with Crippen molar-refractivity contribution < 1.29 is 9.53 Å². The molecule has 2 aliphatic rings. The Morgan fingerprint density at radius 1 is 1.26 bits per heavy atom. The molecule has 0 spiro atoms. The van der Waals surface area contributed by atoms with Crippen molar-refractivity contribution >= 4 is 5.97 Å². The van der Waals surface area contributed by atoms with Crippen LogP contribution in [0.25, 0.3) is 0 Å². The zero-order valence-electron chi connectivity index (χ0n) is 11.8. The van der Waals surface area contributed by atoms with E-state index in [-0.39, 0.29) is 5.97 Å². The van der Waals surface area contributed by atoms with Crippen molar-refractivity contribution in [2.24, 2.45) is 5.92 Å². The summed E-state index contributed by atoms with van der Waals surface area (Å²) < 4.78 is 4.99. The summed E-state index contributed by atoms with van der Waals surface area (Å²) in [6.45, 7) is 6.22. The van der Waals surface area contributed by atoms with Crippen LogP contribution < -0.4 is 0 Å². The molecule has 19 heavy (non-hydrogen) atoms. The van der Waals surface area contributed by atoms with E-state index >= 15 is 0 Å². The molecule has 0 radical (unpaired) electrons. The second kappa shape index (κ2) is 7.46. The van der Waals surface area contributed by atoms with Gasteiger partial charge in [0.05, 0.1) is 0 Å². The molecule has 4 nitrogen and oxygen atoms in total. The largest absolute Gasteiger partial charge is 0.458 e. The Kier molecular flexibility index (Phi) is 5.61. The number of likely N-dealkylation sites (N-methyl/N-ethyl adjacent to an activating group) is 1. The van der Waals surface area contributed by atoms with Gasteiger partial charge in [0.15, 0.2) is 0 Å². The molecule has 1 unspecified atom stereocenters. The highest BCUT2D eigenvalue weighted by atomic mass is 16.5. The number of carbonyl (C=O) groups excluding carboxylic acids is 1. The Morgan fingerprint density at radius 2 is 2.05 bits per heavy atom. The molecular formula is C15H24N2O2. The molecule has 106 valence electrons. The maximum atomic E-state index is 11.2. The predicted octanol–water partition coefficient (Wildman–Crippen LogP) is 1.30. The normalized spacial score (nSPS) is 29.9. The molecule has 0 N–H and O–H groups in total. The molecular weight excluding hydrogens is 240 g/mol. The molecule has 0 aromatic carbocycles. The first-order valence-corrected chi connectivity index (χ1v) is 7.15. The zero-order valence-corrected chi connectivity index (χ0v) is 11.8. The van der Waals surface area contributed by atoms with E-state index in [0.717, 1.165) is 19.4 Å². The van der Waals surface area contributed by atoms with Gasteiger partial charge in [-0.1, -0.05) is 18.2 Å². The summed E-state index contributed by atoms with van der Waals surface area (Å²) in [5.74, 6) is 0.287. The van der Waals surface area contributed by atoms with Gasteiger partial charge in [0.2, 0.25) is 0 Å². The molecule has 0 aromatic rings. The Bertz CT molecular complexity index is 344. The Hall–Kier alpha value is -1.13. The lowest BCUT2D eigenvalue weighted by Crippen LogP contribution is -2.44. The fraction of sp³-hybridized carbons (Fsp3) is 0.667. The maximum absolute atomic E-state index is 11.2. The average molecular weight is 264 g/mol. The number of cyclic esters (lactones) is 1. The molecule has 2 heterocycles. The molecule has 2 rings (SSSR count). The number of piperazine rings is 1. The summed E-state index contributed by atoms with van der Waals surface area (Å²) in [4.78, 5) is 16.1. The number of nitrogens with zero attached hydrogens (tertiary/aromatic N) is 2. The third kappa shape index (κ3) is 5.17. The van der Waals surface area contributed by atoms with Crippen LogP contribution in [0, 0.1) is 5.92 Å². The van der Waals surface area contributed by atoms with Crippen LogP contribution in [0.15, 0.2) is 24.3 Å². The zero-order chi connectivity index (χ0) is 13.5. The van der Waals surface area contributed by atoms with Gasteiger partial charge < -0.3 is 14.5 Å². The molecule has 1 saturated heterocycles. The predicted molar refractivity (Wildman–Crippen MR) is 75.9 cm³/mol. The molecule has 0 aromatic heterocycles. The molecule has 1 fully saturated rings. The Balaban J connectivity index is 1.76. The second-order valence-electron chi connectivity index (χ2n) is 5.39. The number of hydrogen-bond donors (Lipinski definition) is 0. The molecule has 0 bridgehead atoms. The van der Waals surface area contributed by atoms with Crippen molar-refractivity contribution in [3.8, 4) is 0 Å². The van der Waals surface area contributed by atoms with Gasteiger partial charge in [-0.3, -0.25) is 0 Å². The van der Waals surface area contributed by atoms with Gasteiger partial charge in [-0.15, -0.1) is 0 Å². The first-order chi connectivity index (χ1) is 9.24. The van der Waals surface area contributed by atoms with E-state index < -0.39 is 0 Å². The minimum Gasteiger partial charge on any atom is -0.458 e. The fourth-order valence-corrected chi connectivity index (χ4v) is 2.48. The van der Waals surface area contributed by atoms with Gasteiger partial charge in [0.25, 0.3) is 0 Å². The van der Waals surface area contributed by atoms with Crippen molar-refractivity contribution in [3.63, 3.8) is 0 Å². The van der Waals surface area contributed by atoms with Crippen LogP contribution in [-0.2, 0) is 9.53 Å². The number of carbonyl (C=O) groups is 1. The highest BCUT2D eigenvalue weighted by Gasteiger charge is 2.14. The number of allylic oxidation sites excluding steroid dienone is 2. The van der Waals surface area contributed by atoms with E-state index in [9.17, 15) is 4.79 Å². The second-order valence-corrected chi connectivity index (χ2v) is 5.39. The third-order valence-electron chi connectivity index (χ3n) is 3.83. The van der Waals surface area contributed by atoms with Crippen molar-refractivity contribution in [1.82, 2.24) is 9.80 Å². The molecule has 1 atom stereocenters. The molecule has 0 amide bonds. The highest BCUT2D eigenvalue weighted by molar-refractivity contribution is 5.81. The van der Waals surface area contributed by atoms with Gasteiger partial charge in [-0.2, -0.15) is 0 Å². The minimum absolute atomic E-state index is 0.232. The van der Waals surface area contributed by atoms with Crippen LogP contribution in [0.3, 0.4) is 0 Å². The van der Waals surface area contributed by atoms with Crippen molar-refractivity contribution in [2.45, 2.75) is 12.8 Å². The Morgan fingerprint density at radius 3 is 2.84 bits per heavy atom. The van der Waals surface area contributed by atoms with E-state index in [1.165, 1.54) is 26.2 Å². The highest BCUT2D eigenvalue weighted by Crippen LogP contribution is 2.14. The molecule has 4 heteroatoms. The number of rotatable bonds is 3. The molecule has 2 aliphatic heterocycles. The van der Waals surface area contributed by atoms with Crippen LogP contribution in [-0.4, -0.2) is 62.1 Å². The van der Waals surface area contributed by atoms with Crippen LogP contribution in [0.4, 0.5) is 0 Å². The molecule has 0 saturated carbocycles. The van der Waals surface area contributed by atoms with Crippen LogP contribution in [0.1, 0.15) is 12.8 Å². The third-order valence-corrected chi connectivity index (χ3v) is 3.83. The van der Waals surface area contributed by atoms with Crippen LogP contribution in [0.2, 0.25) is 0 Å². The minimum atomic E-state index is -0.232. The topological polar surface area (TPSA) is 32.8 Å². The van der Waals surface area contributed by atoms with Gasteiger partial charge in [-0.05, 0) is 32.4 Å². The van der Waals surface area contributed by atoms with E-state index in [2.05, 4.69) is 22.9 Å². The summed E-state index contributed by atoms with van der Waals surface area (Å²) in [6, 6.07) is 0. The van der Waals surface area contributed by atoms with Gasteiger partial charge in [-0.25, -0.2) is 4.79 Å². The summed E-state index contributed by atoms with van der Waals surface area (Å²) in [5.41, 5.74) is 0. The summed E-state index contributed by atoms with van der Waals surface area (Å²) >= 11 is 0. The lowest BCUT2D eigenvalue weighted by molar-refractivity contribution is -0.136. The quantitative estimate of drug-likeness (QED) is 0.568. The van der Waals surface area contributed by atoms with E-state index in [4.69, 9.17) is 4.74 Å². The van der Waals surface area contributed by atoms with Gasteiger partial charge in [0, 0.05) is 32.3 Å². The summed E-state index contributed by atoms with van der Waals surface area (Å²) in [7, 11) is 2.18. The van der Waals surface area contributed by atoms with E-state index in [1.807, 2.05) is 12.2 Å². The summed E-state index contributed by atoms with van der Waals surface area (Å²) in [5, 5.41) is 0.